The molecule has 0 aliphatic carbocycles. The van der Waals surface area contributed by atoms with Crippen LogP contribution in [-0.2, 0) is 0 Å². The van der Waals surface area contributed by atoms with E-state index in [-0.39, 0.29) is 5.75 Å². The predicted octanol–water partition coefficient (Wildman–Crippen LogP) is 4.98. The van der Waals surface area contributed by atoms with Crippen LogP contribution in [0.25, 0.3) is 11.6 Å². The fourth-order valence-corrected chi connectivity index (χ4v) is 2.91. The van der Waals surface area contributed by atoms with Crippen molar-refractivity contribution >= 4 is 43.5 Å². The molecule has 0 saturated heterocycles. The van der Waals surface area contributed by atoms with E-state index in [0.29, 0.717) is 15.6 Å². The van der Waals surface area contributed by atoms with E-state index in [4.69, 9.17) is 0 Å². The average Bonchev–Trinajstić information content (AvgIpc) is 2.42. The number of hydrogen-bond acceptors (Lipinski definition) is 2. The Hall–Kier alpha value is -1.57. The number of nitrogens with zero attached hydrogens (tertiary/aromatic N) is 1. The van der Waals surface area contributed by atoms with Crippen LogP contribution in [0, 0.1) is 11.3 Å². The van der Waals surface area contributed by atoms with Crippen molar-refractivity contribution in [2.24, 2.45) is 0 Å². The van der Waals surface area contributed by atoms with E-state index in [0.717, 1.165) is 10.0 Å². The van der Waals surface area contributed by atoms with Gasteiger partial charge in [-0.25, -0.2) is 0 Å². The highest BCUT2D eigenvalue weighted by Crippen LogP contribution is 2.33. The molecule has 4 heteroatoms. The van der Waals surface area contributed by atoms with Gasteiger partial charge < -0.3 is 5.11 Å². The maximum absolute atomic E-state index is 9.99. The van der Waals surface area contributed by atoms with Gasteiger partial charge in [-0.2, -0.15) is 5.26 Å². The molecular formula is C15H9Br2NO. The molecule has 19 heavy (non-hydrogen) atoms. The third-order valence-corrected chi connectivity index (χ3v) is 3.63. The van der Waals surface area contributed by atoms with Gasteiger partial charge in [-0.15, -0.1) is 0 Å². The van der Waals surface area contributed by atoms with Crippen molar-refractivity contribution in [3.8, 4) is 11.8 Å². The van der Waals surface area contributed by atoms with Crippen molar-refractivity contribution < 1.29 is 5.11 Å². The van der Waals surface area contributed by atoms with Gasteiger partial charge in [0.1, 0.15) is 5.75 Å². The Kier molecular flexibility index (Phi) is 4.41. The zero-order chi connectivity index (χ0) is 13.8. The smallest absolute Gasteiger partial charge is 0.137 e. The third-order valence-electron chi connectivity index (χ3n) is 2.56. The zero-order valence-electron chi connectivity index (χ0n) is 9.77. The summed E-state index contributed by atoms with van der Waals surface area (Å²) >= 11 is 6.63. The second-order valence-electron chi connectivity index (χ2n) is 3.86. The Bertz CT molecular complexity index is 673. The quantitative estimate of drug-likeness (QED) is 0.591. The molecule has 0 atom stereocenters. The van der Waals surface area contributed by atoms with Crippen LogP contribution < -0.4 is 0 Å². The summed E-state index contributed by atoms with van der Waals surface area (Å²) in [6, 6.07) is 15.0. The Labute approximate surface area is 128 Å². The molecule has 0 saturated carbocycles. The van der Waals surface area contributed by atoms with Gasteiger partial charge in [0.05, 0.1) is 16.1 Å². The van der Waals surface area contributed by atoms with Crippen LogP contribution in [0.3, 0.4) is 0 Å². The van der Waals surface area contributed by atoms with Crippen LogP contribution >= 0.6 is 31.9 Å². The second-order valence-corrected chi connectivity index (χ2v) is 5.63. The first-order valence-electron chi connectivity index (χ1n) is 5.47. The molecule has 0 amide bonds. The van der Waals surface area contributed by atoms with Gasteiger partial charge in [-0.05, 0) is 39.7 Å². The molecule has 0 bridgehead atoms. The number of allylic oxidation sites excluding steroid dienone is 1. The van der Waals surface area contributed by atoms with Crippen molar-refractivity contribution in [2.45, 2.75) is 0 Å². The number of halogens is 2. The molecule has 1 N–H and O–H groups in total. The molecule has 0 aliphatic heterocycles. The van der Waals surface area contributed by atoms with E-state index in [1.807, 2.05) is 30.3 Å². The molecule has 0 unspecified atom stereocenters. The SMILES string of the molecule is N#C/C(=C\c1cc(Br)cc(Br)c1O)c1ccccc1. The normalized spacial score (nSPS) is 11.1. The van der Waals surface area contributed by atoms with Crippen molar-refractivity contribution in [3.05, 3.63) is 62.5 Å². The Morgan fingerprint density at radius 2 is 1.84 bits per heavy atom. The summed E-state index contributed by atoms with van der Waals surface area (Å²) in [7, 11) is 0. The van der Waals surface area contributed by atoms with E-state index in [2.05, 4.69) is 37.9 Å². The van der Waals surface area contributed by atoms with E-state index in [9.17, 15) is 10.4 Å². The number of phenolic OH excluding ortho intramolecular Hbond substituents is 1. The molecule has 0 heterocycles. The molecular weight excluding hydrogens is 370 g/mol. The van der Waals surface area contributed by atoms with Gasteiger partial charge in [-0.3, -0.25) is 0 Å². The van der Waals surface area contributed by atoms with Gasteiger partial charge >= 0.3 is 0 Å². The Morgan fingerprint density at radius 1 is 1.16 bits per heavy atom. The molecule has 94 valence electrons. The van der Waals surface area contributed by atoms with Crippen LogP contribution in [0.1, 0.15) is 11.1 Å². The van der Waals surface area contributed by atoms with Crippen LogP contribution in [0.2, 0.25) is 0 Å². The lowest BCUT2D eigenvalue weighted by Gasteiger charge is -2.05. The lowest BCUT2D eigenvalue weighted by molar-refractivity contribution is 0.470. The summed E-state index contributed by atoms with van der Waals surface area (Å²) < 4.78 is 1.41. The maximum atomic E-state index is 9.99. The highest BCUT2D eigenvalue weighted by Gasteiger charge is 2.07. The largest absolute Gasteiger partial charge is 0.506 e. The fraction of sp³-hybridized carbons (Fsp3) is 0. The van der Waals surface area contributed by atoms with Crippen molar-refractivity contribution in [1.29, 1.82) is 5.26 Å². The number of hydrogen-bond donors (Lipinski definition) is 1. The lowest BCUT2D eigenvalue weighted by atomic mass is 10.0. The highest BCUT2D eigenvalue weighted by molar-refractivity contribution is 9.11. The van der Waals surface area contributed by atoms with Crippen molar-refractivity contribution in [1.82, 2.24) is 0 Å². The summed E-state index contributed by atoms with van der Waals surface area (Å²) in [4.78, 5) is 0. The fourth-order valence-electron chi connectivity index (χ4n) is 1.65. The lowest BCUT2D eigenvalue weighted by Crippen LogP contribution is -1.83. The minimum atomic E-state index is 0.117. The van der Waals surface area contributed by atoms with Gasteiger partial charge in [0, 0.05) is 10.0 Å². The molecule has 2 rings (SSSR count). The molecule has 2 aromatic carbocycles. The van der Waals surface area contributed by atoms with Gasteiger partial charge in [0.2, 0.25) is 0 Å². The first kappa shape index (κ1) is 13.9. The summed E-state index contributed by atoms with van der Waals surface area (Å²) in [5, 5.41) is 19.2. The predicted molar refractivity (Wildman–Crippen MR) is 83.4 cm³/mol. The van der Waals surface area contributed by atoms with E-state index >= 15 is 0 Å². The first-order chi connectivity index (χ1) is 9.11. The first-order valence-corrected chi connectivity index (χ1v) is 7.05. The monoisotopic (exact) mass is 377 g/mol. The van der Waals surface area contributed by atoms with Crippen molar-refractivity contribution in [3.63, 3.8) is 0 Å². The van der Waals surface area contributed by atoms with Gasteiger partial charge in [-0.1, -0.05) is 46.3 Å². The summed E-state index contributed by atoms with van der Waals surface area (Å²) in [6.45, 7) is 0. The third kappa shape index (κ3) is 3.25. The standard InChI is InChI=1S/C15H9Br2NO/c16-13-7-11(15(19)14(17)8-13)6-12(9-18)10-4-2-1-3-5-10/h1-8,19H/b12-6+. The number of rotatable bonds is 2. The Balaban J connectivity index is 2.54. The van der Waals surface area contributed by atoms with E-state index < -0.39 is 0 Å². The molecule has 0 radical (unpaired) electrons. The zero-order valence-corrected chi connectivity index (χ0v) is 12.9. The minimum absolute atomic E-state index is 0.117. The van der Waals surface area contributed by atoms with Crippen LogP contribution in [0.5, 0.6) is 5.75 Å². The number of nitriles is 1. The number of phenols is 1. The molecule has 0 aliphatic rings. The molecule has 0 spiro atoms. The van der Waals surface area contributed by atoms with Gasteiger partial charge in [0.15, 0.2) is 0 Å². The summed E-state index contributed by atoms with van der Waals surface area (Å²) in [5.41, 5.74) is 1.91. The minimum Gasteiger partial charge on any atom is -0.506 e. The number of aromatic hydroxyl groups is 1. The van der Waals surface area contributed by atoms with E-state index in [1.165, 1.54) is 0 Å². The van der Waals surface area contributed by atoms with Gasteiger partial charge in [0.25, 0.3) is 0 Å². The molecule has 0 aromatic heterocycles. The highest BCUT2D eigenvalue weighted by atomic mass is 79.9. The maximum Gasteiger partial charge on any atom is 0.137 e. The van der Waals surface area contributed by atoms with Crippen LogP contribution in [0.15, 0.2) is 51.4 Å². The molecule has 2 nitrogen and oxygen atoms in total. The topological polar surface area (TPSA) is 44.0 Å². The second kappa shape index (κ2) is 6.05. The summed E-state index contributed by atoms with van der Waals surface area (Å²) in [5.74, 6) is 0.117. The van der Waals surface area contributed by atoms with Crippen LogP contribution in [-0.4, -0.2) is 5.11 Å². The van der Waals surface area contributed by atoms with Crippen molar-refractivity contribution in [2.75, 3.05) is 0 Å². The Morgan fingerprint density at radius 3 is 2.47 bits per heavy atom. The van der Waals surface area contributed by atoms with E-state index in [1.54, 1.807) is 18.2 Å². The average molecular weight is 379 g/mol. The molecule has 2 aromatic rings. The number of benzene rings is 2. The summed E-state index contributed by atoms with van der Waals surface area (Å²) in [6.07, 6.45) is 1.67. The molecule has 0 fully saturated rings. The van der Waals surface area contributed by atoms with Crippen LogP contribution in [0.4, 0.5) is 0 Å².